The van der Waals surface area contributed by atoms with Crippen LogP contribution in [-0.4, -0.2) is 48.4 Å². The third-order valence-electron chi connectivity index (χ3n) is 3.59. The largest absolute Gasteiger partial charge is 0.341 e. The summed E-state index contributed by atoms with van der Waals surface area (Å²) in [5.74, 6) is 1.16. The molecule has 0 aromatic carbocycles. The summed E-state index contributed by atoms with van der Waals surface area (Å²) >= 11 is 0. The molecule has 1 saturated heterocycles. The van der Waals surface area contributed by atoms with E-state index < -0.39 is 0 Å². The van der Waals surface area contributed by atoms with Crippen molar-refractivity contribution < 1.29 is 4.79 Å². The first-order valence-corrected chi connectivity index (χ1v) is 5.66. The Morgan fingerprint density at radius 1 is 1.50 bits per heavy atom. The highest BCUT2D eigenvalue weighted by Gasteiger charge is 2.32. The van der Waals surface area contributed by atoms with Crippen molar-refractivity contribution in [2.45, 2.75) is 32.2 Å². The van der Waals surface area contributed by atoms with Crippen LogP contribution in [0.2, 0.25) is 0 Å². The normalized spacial score (nSPS) is 23.5. The molecule has 80 valence electrons. The highest BCUT2D eigenvalue weighted by Crippen LogP contribution is 2.34. The zero-order chi connectivity index (χ0) is 10.1. The lowest BCUT2D eigenvalue weighted by Gasteiger charge is -2.33. The van der Waals surface area contributed by atoms with Gasteiger partial charge in [0.05, 0.1) is 6.54 Å². The fourth-order valence-electron chi connectivity index (χ4n) is 1.96. The number of amides is 1. The molecule has 1 unspecified atom stereocenters. The Morgan fingerprint density at radius 3 is 2.57 bits per heavy atom. The van der Waals surface area contributed by atoms with E-state index in [-0.39, 0.29) is 0 Å². The lowest BCUT2D eigenvalue weighted by Crippen LogP contribution is -2.48. The van der Waals surface area contributed by atoms with E-state index in [1.807, 2.05) is 4.90 Å². The zero-order valence-electron chi connectivity index (χ0n) is 9.20. The fourth-order valence-corrected chi connectivity index (χ4v) is 1.96. The van der Waals surface area contributed by atoms with Gasteiger partial charge >= 0.3 is 0 Å². The van der Waals surface area contributed by atoms with E-state index in [0.29, 0.717) is 18.5 Å². The van der Waals surface area contributed by atoms with E-state index >= 15 is 0 Å². The smallest absolute Gasteiger partial charge is 0.236 e. The molecule has 14 heavy (non-hydrogen) atoms. The number of nitrogens with zero attached hydrogens (tertiary/aromatic N) is 2. The molecule has 3 nitrogen and oxygen atoms in total. The molecular weight excluding hydrogens is 176 g/mol. The van der Waals surface area contributed by atoms with Crippen molar-refractivity contribution in [3.63, 3.8) is 0 Å². The first-order chi connectivity index (χ1) is 6.68. The van der Waals surface area contributed by atoms with Crippen LogP contribution in [0, 0.1) is 5.92 Å². The van der Waals surface area contributed by atoms with E-state index in [4.69, 9.17) is 0 Å². The molecule has 0 aromatic heterocycles. The lowest BCUT2D eigenvalue weighted by molar-refractivity contribution is -0.136. The Balaban J connectivity index is 1.74. The van der Waals surface area contributed by atoms with Crippen molar-refractivity contribution in [1.29, 1.82) is 0 Å². The molecule has 0 N–H and O–H groups in total. The average molecular weight is 196 g/mol. The second-order valence-corrected chi connectivity index (χ2v) is 4.73. The van der Waals surface area contributed by atoms with Gasteiger partial charge in [0, 0.05) is 19.1 Å². The summed E-state index contributed by atoms with van der Waals surface area (Å²) in [7, 11) is 2.07. The van der Waals surface area contributed by atoms with Crippen molar-refractivity contribution in [2.24, 2.45) is 5.92 Å². The molecule has 1 saturated carbocycles. The molecule has 1 amide bonds. The SMILES string of the molecule is CC(C1CC1)N(C)CC(=O)N1CCC1. The molecule has 0 bridgehead atoms. The fraction of sp³-hybridized carbons (Fsp3) is 0.909. The average Bonchev–Trinajstić information content (AvgIpc) is 2.81. The van der Waals surface area contributed by atoms with Crippen LogP contribution in [0.1, 0.15) is 26.2 Å². The van der Waals surface area contributed by atoms with Gasteiger partial charge in [-0.25, -0.2) is 0 Å². The van der Waals surface area contributed by atoms with E-state index in [0.717, 1.165) is 19.0 Å². The number of likely N-dealkylation sites (tertiary alicyclic amines) is 1. The number of rotatable bonds is 4. The molecule has 1 aliphatic carbocycles. The molecular formula is C11H20N2O. The molecule has 2 aliphatic rings. The van der Waals surface area contributed by atoms with Crippen molar-refractivity contribution in [3.05, 3.63) is 0 Å². The van der Waals surface area contributed by atoms with Gasteiger partial charge in [-0.3, -0.25) is 9.69 Å². The predicted octanol–water partition coefficient (Wildman–Crippen LogP) is 0.949. The maximum atomic E-state index is 11.7. The molecule has 2 fully saturated rings. The maximum absolute atomic E-state index is 11.7. The topological polar surface area (TPSA) is 23.6 Å². The highest BCUT2D eigenvalue weighted by molar-refractivity contribution is 5.78. The Hall–Kier alpha value is -0.570. The van der Waals surface area contributed by atoms with Gasteiger partial charge in [0.15, 0.2) is 0 Å². The van der Waals surface area contributed by atoms with Crippen molar-refractivity contribution >= 4 is 5.91 Å². The third kappa shape index (κ3) is 2.08. The van der Waals surface area contributed by atoms with Gasteiger partial charge in [-0.2, -0.15) is 0 Å². The maximum Gasteiger partial charge on any atom is 0.236 e. The second kappa shape index (κ2) is 3.89. The molecule has 1 atom stereocenters. The quantitative estimate of drug-likeness (QED) is 0.668. The summed E-state index contributed by atoms with van der Waals surface area (Å²) in [6.07, 6.45) is 3.89. The highest BCUT2D eigenvalue weighted by atomic mass is 16.2. The van der Waals surface area contributed by atoms with Gasteiger partial charge in [-0.15, -0.1) is 0 Å². The van der Waals surface area contributed by atoms with Crippen LogP contribution < -0.4 is 0 Å². The van der Waals surface area contributed by atoms with E-state index in [1.54, 1.807) is 0 Å². The Kier molecular flexibility index (Phi) is 2.77. The first-order valence-electron chi connectivity index (χ1n) is 5.66. The monoisotopic (exact) mass is 196 g/mol. The first kappa shape index (κ1) is 9.97. The number of likely N-dealkylation sites (N-methyl/N-ethyl adjacent to an activating group) is 1. The van der Waals surface area contributed by atoms with Crippen LogP contribution in [0.4, 0.5) is 0 Å². The van der Waals surface area contributed by atoms with Gasteiger partial charge in [0.25, 0.3) is 0 Å². The number of carbonyl (C=O) groups is 1. The minimum absolute atomic E-state index is 0.311. The molecule has 1 aliphatic heterocycles. The van der Waals surface area contributed by atoms with Crippen molar-refractivity contribution in [1.82, 2.24) is 9.80 Å². The molecule has 3 heteroatoms. The Bertz CT molecular complexity index is 221. The molecule has 0 aromatic rings. The third-order valence-corrected chi connectivity index (χ3v) is 3.59. The van der Waals surface area contributed by atoms with Gasteiger partial charge in [-0.1, -0.05) is 0 Å². The summed E-state index contributed by atoms with van der Waals surface area (Å²) in [6.45, 7) is 4.80. The van der Waals surface area contributed by atoms with Crippen molar-refractivity contribution in [2.75, 3.05) is 26.7 Å². The van der Waals surface area contributed by atoms with Crippen LogP contribution in [0.15, 0.2) is 0 Å². The second-order valence-electron chi connectivity index (χ2n) is 4.73. The van der Waals surface area contributed by atoms with Gasteiger partial charge in [0.1, 0.15) is 0 Å². The van der Waals surface area contributed by atoms with Crippen LogP contribution >= 0.6 is 0 Å². The summed E-state index contributed by atoms with van der Waals surface area (Å²) in [4.78, 5) is 15.8. The zero-order valence-corrected chi connectivity index (χ0v) is 9.20. The summed E-state index contributed by atoms with van der Waals surface area (Å²) in [5.41, 5.74) is 0. The van der Waals surface area contributed by atoms with Gasteiger partial charge in [-0.05, 0) is 39.2 Å². The standard InChI is InChI=1S/C11H20N2O/c1-9(10-4-5-10)12(2)8-11(14)13-6-3-7-13/h9-10H,3-8H2,1-2H3. The van der Waals surface area contributed by atoms with Crippen molar-refractivity contribution in [3.8, 4) is 0 Å². The predicted molar refractivity (Wildman–Crippen MR) is 56.0 cm³/mol. The summed E-state index contributed by atoms with van der Waals surface area (Å²) < 4.78 is 0. The van der Waals surface area contributed by atoms with E-state index in [2.05, 4.69) is 18.9 Å². The molecule has 0 radical (unpaired) electrons. The van der Waals surface area contributed by atoms with E-state index in [9.17, 15) is 4.79 Å². The number of carbonyl (C=O) groups excluding carboxylic acids is 1. The molecule has 0 spiro atoms. The molecule has 2 rings (SSSR count). The lowest BCUT2D eigenvalue weighted by atomic mass is 10.2. The summed E-state index contributed by atoms with van der Waals surface area (Å²) in [5, 5.41) is 0. The number of hydrogen-bond acceptors (Lipinski definition) is 2. The van der Waals surface area contributed by atoms with Crippen LogP contribution in [-0.2, 0) is 4.79 Å². The van der Waals surface area contributed by atoms with Crippen LogP contribution in [0.25, 0.3) is 0 Å². The van der Waals surface area contributed by atoms with Gasteiger partial charge < -0.3 is 4.90 Å². The van der Waals surface area contributed by atoms with E-state index in [1.165, 1.54) is 19.3 Å². The van der Waals surface area contributed by atoms with Gasteiger partial charge in [0.2, 0.25) is 5.91 Å². The minimum Gasteiger partial charge on any atom is -0.341 e. The van der Waals surface area contributed by atoms with Crippen LogP contribution in [0.5, 0.6) is 0 Å². The minimum atomic E-state index is 0.311. The molecule has 1 heterocycles. The van der Waals surface area contributed by atoms with Crippen LogP contribution in [0.3, 0.4) is 0 Å². The number of hydrogen-bond donors (Lipinski definition) is 0. The Labute approximate surface area is 86.1 Å². The summed E-state index contributed by atoms with van der Waals surface area (Å²) in [6, 6.07) is 0.584. The Morgan fingerprint density at radius 2 is 2.14 bits per heavy atom.